The number of benzene rings is 1. The van der Waals surface area contributed by atoms with E-state index >= 15 is 0 Å². The molecule has 122 valence electrons. The van der Waals surface area contributed by atoms with Gasteiger partial charge < -0.3 is 4.74 Å². The van der Waals surface area contributed by atoms with Crippen LogP contribution in [0.5, 0.6) is 0 Å². The molecule has 1 aromatic carbocycles. The molecule has 0 aliphatic heterocycles. The first-order valence-electron chi connectivity index (χ1n) is 7.77. The lowest BCUT2D eigenvalue weighted by Crippen LogP contribution is -2.06. The van der Waals surface area contributed by atoms with Crippen LogP contribution in [0, 0.1) is 20.8 Å². The summed E-state index contributed by atoms with van der Waals surface area (Å²) >= 11 is 0. The Morgan fingerprint density at radius 1 is 1.05 bits per heavy atom. The maximum absolute atomic E-state index is 12.3. The van der Waals surface area contributed by atoms with E-state index in [2.05, 4.69) is 6.92 Å². The minimum Gasteiger partial charge on any atom is -0.379 e. The van der Waals surface area contributed by atoms with Crippen molar-refractivity contribution in [3.05, 3.63) is 34.4 Å². The fourth-order valence-electron chi connectivity index (χ4n) is 2.40. The number of unbranched alkanes of at least 4 members (excludes halogenated alkanes) is 2. The van der Waals surface area contributed by atoms with Crippen molar-refractivity contribution in [1.29, 1.82) is 0 Å². The Morgan fingerprint density at radius 2 is 1.68 bits per heavy atom. The minimum absolute atomic E-state index is 0.178. The van der Waals surface area contributed by atoms with E-state index in [1.165, 1.54) is 0 Å². The van der Waals surface area contributed by atoms with Gasteiger partial charge in [-0.15, -0.1) is 4.52 Å². The zero-order chi connectivity index (χ0) is 16.5. The Bertz CT molecular complexity index is 502. The summed E-state index contributed by atoms with van der Waals surface area (Å²) in [6, 6.07) is 3.83. The quantitative estimate of drug-likeness (QED) is 0.461. The lowest BCUT2D eigenvalue weighted by molar-refractivity contribution is 0.0946. The molecule has 0 aliphatic rings. The SMILES string of the molecule is CCCCCOCCO[P+](=O)C(=O)c1c(C)cc(C)cc1C. The molecule has 22 heavy (non-hydrogen) atoms. The summed E-state index contributed by atoms with van der Waals surface area (Å²) in [5.41, 5.74) is 2.84. The van der Waals surface area contributed by atoms with Gasteiger partial charge in [0.25, 0.3) is 0 Å². The molecule has 0 aromatic heterocycles. The maximum atomic E-state index is 12.3. The number of carbonyl (C=O) groups excluding carboxylic acids is 1. The van der Waals surface area contributed by atoms with Crippen molar-refractivity contribution >= 4 is 13.6 Å². The van der Waals surface area contributed by atoms with Gasteiger partial charge in [0, 0.05) is 6.61 Å². The lowest BCUT2D eigenvalue weighted by atomic mass is 10.0. The van der Waals surface area contributed by atoms with Gasteiger partial charge in [-0.25, -0.2) is 4.79 Å². The van der Waals surface area contributed by atoms with E-state index < -0.39 is 13.6 Å². The summed E-state index contributed by atoms with van der Waals surface area (Å²) in [7, 11) is -2.36. The molecular formula is C17H26O4P+. The summed E-state index contributed by atoms with van der Waals surface area (Å²) < 4.78 is 22.5. The number of aryl methyl sites for hydroxylation is 3. The monoisotopic (exact) mass is 325 g/mol. The lowest BCUT2D eigenvalue weighted by Gasteiger charge is -2.05. The highest BCUT2D eigenvalue weighted by atomic mass is 31.1. The molecule has 0 N–H and O–H groups in total. The zero-order valence-electron chi connectivity index (χ0n) is 14.0. The molecule has 0 saturated heterocycles. The number of hydrogen-bond donors (Lipinski definition) is 0. The Labute approximate surface area is 134 Å². The van der Waals surface area contributed by atoms with Crippen molar-refractivity contribution in [3.8, 4) is 0 Å². The minimum atomic E-state index is -2.36. The molecule has 0 aliphatic carbocycles. The van der Waals surface area contributed by atoms with E-state index in [1.807, 2.05) is 32.9 Å². The highest BCUT2D eigenvalue weighted by Crippen LogP contribution is 2.31. The van der Waals surface area contributed by atoms with Gasteiger partial charge in [-0.2, -0.15) is 0 Å². The first-order valence-corrected chi connectivity index (χ1v) is 8.95. The van der Waals surface area contributed by atoms with Gasteiger partial charge in [-0.1, -0.05) is 37.5 Å². The molecule has 0 amide bonds. The average Bonchev–Trinajstić information content (AvgIpc) is 2.44. The number of carbonyl (C=O) groups is 1. The van der Waals surface area contributed by atoms with Crippen LogP contribution in [0.1, 0.15) is 53.2 Å². The Balaban J connectivity index is 2.45. The van der Waals surface area contributed by atoms with Crippen LogP contribution in [0.25, 0.3) is 0 Å². The zero-order valence-corrected chi connectivity index (χ0v) is 14.9. The van der Waals surface area contributed by atoms with Crippen molar-refractivity contribution < 1.29 is 18.6 Å². The van der Waals surface area contributed by atoms with Crippen molar-refractivity contribution in [2.45, 2.75) is 47.0 Å². The molecule has 0 heterocycles. The standard InChI is InChI=1S/C17H26O4P/c1-5-6-7-8-20-9-10-21-22(19)17(18)16-14(3)11-13(2)12-15(16)4/h11-12H,5-10H2,1-4H3/q+1. The summed E-state index contributed by atoms with van der Waals surface area (Å²) in [4.78, 5) is 12.3. The fraction of sp³-hybridized carbons (Fsp3) is 0.588. The first kappa shape index (κ1) is 19.0. The highest BCUT2D eigenvalue weighted by Gasteiger charge is 2.35. The van der Waals surface area contributed by atoms with E-state index in [4.69, 9.17) is 9.26 Å². The topological polar surface area (TPSA) is 52.6 Å². The van der Waals surface area contributed by atoms with Crippen LogP contribution in [-0.2, 0) is 13.8 Å². The summed E-state index contributed by atoms with van der Waals surface area (Å²) in [5.74, 6) is 0. The van der Waals surface area contributed by atoms with Crippen LogP contribution >= 0.6 is 8.03 Å². The van der Waals surface area contributed by atoms with E-state index in [9.17, 15) is 9.36 Å². The van der Waals surface area contributed by atoms with Gasteiger partial charge in [0.15, 0.2) is 0 Å². The second-order valence-corrected chi connectivity index (χ2v) is 6.67. The molecule has 1 aromatic rings. The molecule has 0 spiro atoms. The van der Waals surface area contributed by atoms with Gasteiger partial charge in [-0.05, 0) is 42.9 Å². The van der Waals surface area contributed by atoms with Crippen molar-refractivity contribution in [2.75, 3.05) is 19.8 Å². The highest BCUT2D eigenvalue weighted by molar-refractivity contribution is 7.60. The number of rotatable bonds is 10. The van der Waals surface area contributed by atoms with Crippen molar-refractivity contribution in [1.82, 2.24) is 0 Å². The van der Waals surface area contributed by atoms with Gasteiger partial charge in [0.05, 0.1) is 12.2 Å². The summed E-state index contributed by atoms with van der Waals surface area (Å²) in [6.07, 6.45) is 3.30. The Hall–Kier alpha value is -1.09. The van der Waals surface area contributed by atoms with E-state index in [1.54, 1.807) is 0 Å². The predicted molar refractivity (Wildman–Crippen MR) is 88.9 cm³/mol. The van der Waals surface area contributed by atoms with Gasteiger partial charge in [0.1, 0.15) is 6.61 Å². The third kappa shape index (κ3) is 5.96. The second-order valence-electron chi connectivity index (χ2n) is 5.49. The Kier molecular flexibility index (Phi) is 8.47. The van der Waals surface area contributed by atoms with Crippen LogP contribution in [-0.4, -0.2) is 25.3 Å². The second kappa shape index (κ2) is 9.83. The van der Waals surface area contributed by atoms with Gasteiger partial charge in [-0.3, -0.25) is 0 Å². The maximum Gasteiger partial charge on any atom is 0.593 e. The molecule has 0 fully saturated rings. The fourth-order valence-corrected chi connectivity index (χ4v) is 3.30. The number of ether oxygens (including phenoxy) is 1. The smallest absolute Gasteiger partial charge is 0.379 e. The normalized spacial score (nSPS) is 11.5. The Morgan fingerprint density at radius 3 is 2.27 bits per heavy atom. The van der Waals surface area contributed by atoms with Gasteiger partial charge in [0.2, 0.25) is 0 Å². The summed E-state index contributed by atoms with van der Waals surface area (Å²) in [6.45, 7) is 9.04. The molecule has 1 atom stereocenters. The van der Waals surface area contributed by atoms with Crippen molar-refractivity contribution in [3.63, 3.8) is 0 Å². The third-order valence-corrected chi connectivity index (χ3v) is 4.36. The van der Waals surface area contributed by atoms with Crippen molar-refractivity contribution in [2.24, 2.45) is 0 Å². The molecule has 0 radical (unpaired) electrons. The molecule has 0 bridgehead atoms. The van der Waals surface area contributed by atoms with Crippen LogP contribution in [0.3, 0.4) is 0 Å². The van der Waals surface area contributed by atoms with E-state index in [-0.39, 0.29) is 6.61 Å². The largest absolute Gasteiger partial charge is 0.593 e. The average molecular weight is 325 g/mol. The predicted octanol–water partition coefficient (Wildman–Crippen LogP) is 4.72. The van der Waals surface area contributed by atoms with Crippen LogP contribution in [0.15, 0.2) is 12.1 Å². The number of hydrogen-bond acceptors (Lipinski definition) is 4. The van der Waals surface area contributed by atoms with Crippen LogP contribution in [0.4, 0.5) is 0 Å². The molecule has 5 heteroatoms. The molecular weight excluding hydrogens is 299 g/mol. The van der Waals surface area contributed by atoms with Crippen LogP contribution < -0.4 is 0 Å². The van der Waals surface area contributed by atoms with E-state index in [0.717, 1.165) is 36.0 Å². The summed E-state index contributed by atoms with van der Waals surface area (Å²) in [5, 5.41) is 0. The first-order chi connectivity index (χ1) is 10.5. The van der Waals surface area contributed by atoms with Gasteiger partial charge >= 0.3 is 13.6 Å². The third-order valence-electron chi connectivity index (χ3n) is 3.39. The van der Waals surface area contributed by atoms with E-state index in [0.29, 0.717) is 18.8 Å². The molecule has 0 saturated carbocycles. The molecule has 1 rings (SSSR count). The molecule has 4 nitrogen and oxygen atoms in total. The van der Waals surface area contributed by atoms with Crippen LogP contribution in [0.2, 0.25) is 0 Å². The molecule has 1 unspecified atom stereocenters.